The minimum atomic E-state index is -3.55. The molecule has 8 heteroatoms. The summed E-state index contributed by atoms with van der Waals surface area (Å²) in [6, 6.07) is 16.7. The zero-order valence-corrected chi connectivity index (χ0v) is 18.3. The van der Waals surface area contributed by atoms with Crippen LogP contribution in [0.2, 0.25) is 0 Å². The highest BCUT2D eigenvalue weighted by Crippen LogP contribution is 2.29. The van der Waals surface area contributed by atoms with E-state index in [0.717, 1.165) is 22.8 Å². The fourth-order valence-electron chi connectivity index (χ4n) is 3.98. The van der Waals surface area contributed by atoms with E-state index in [1.807, 2.05) is 41.9 Å². The van der Waals surface area contributed by atoms with Gasteiger partial charge in [-0.25, -0.2) is 13.1 Å². The normalized spacial score (nSPS) is 15.4. The molecule has 1 saturated heterocycles. The Morgan fingerprint density at radius 2 is 1.63 bits per heavy atom. The molecule has 0 radical (unpaired) electrons. The van der Waals surface area contributed by atoms with Crippen molar-refractivity contribution >= 4 is 15.7 Å². The fraction of sp³-hybridized carbons (Fsp3) is 0.318. The highest BCUT2D eigenvalue weighted by Gasteiger charge is 2.30. The molecule has 1 aromatic heterocycles. The van der Waals surface area contributed by atoms with Gasteiger partial charge in [-0.3, -0.25) is 0 Å². The smallest absolute Gasteiger partial charge is 0.243 e. The molecule has 158 valence electrons. The number of para-hydroxylation sites is 1. The molecule has 0 amide bonds. The number of sulfonamides is 1. The fourth-order valence-corrected chi connectivity index (χ4v) is 5.43. The van der Waals surface area contributed by atoms with E-state index in [9.17, 15) is 8.42 Å². The second-order valence-corrected chi connectivity index (χ2v) is 9.27. The quantitative estimate of drug-likeness (QED) is 0.627. The molecule has 30 heavy (non-hydrogen) atoms. The number of piperazine rings is 1. The van der Waals surface area contributed by atoms with Crippen molar-refractivity contribution in [2.45, 2.75) is 18.7 Å². The first-order valence-electron chi connectivity index (χ1n) is 9.92. The minimum Gasteiger partial charge on any atom is -0.497 e. The topological polar surface area (TPSA) is 67.7 Å². The lowest BCUT2D eigenvalue weighted by Gasteiger charge is -2.35. The van der Waals surface area contributed by atoms with Crippen LogP contribution in [-0.2, 0) is 10.0 Å². The molecule has 0 bridgehead atoms. The number of ether oxygens (including phenoxy) is 1. The average molecular weight is 427 g/mol. The van der Waals surface area contributed by atoms with Crippen molar-refractivity contribution in [1.29, 1.82) is 0 Å². The van der Waals surface area contributed by atoms with Crippen LogP contribution in [0, 0.1) is 13.8 Å². The zero-order valence-electron chi connectivity index (χ0n) is 17.4. The molecule has 0 unspecified atom stereocenters. The Morgan fingerprint density at radius 3 is 2.30 bits per heavy atom. The van der Waals surface area contributed by atoms with Gasteiger partial charge in [0.2, 0.25) is 10.0 Å². The Labute approximate surface area is 177 Å². The number of aryl methyl sites for hydroxylation is 1. The highest BCUT2D eigenvalue weighted by molar-refractivity contribution is 7.89. The maximum absolute atomic E-state index is 13.1. The van der Waals surface area contributed by atoms with Gasteiger partial charge in [0.25, 0.3) is 0 Å². The second-order valence-electron chi connectivity index (χ2n) is 7.34. The summed E-state index contributed by atoms with van der Waals surface area (Å²) >= 11 is 0. The zero-order chi connectivity index (χ0) is 21.3. The van der Waals surface area contributed by atoms with Gasteiger partial charge in [0.1, 0.15) is 5.75 Å². The van der Waals surface area contributed by atoms with E-state index >= 15 is 0 Å². The first-order valence-corrected chi connectivity index (χ1v) is 11.4. The summed E-state index contributed by atoms with van der Waals surface area (Å²) < 4.78 is 34.8. The van der Waals surface area contributed by atoms with Crippen molar-refractivity contribution in [1.82, 2.24) is 14.1 Å². The van der Waals surface area contributed by atoms with Crippen LogP contribution in [0.1, 0.15) is 11.4 Å². The van der Waals surface area contributed by atoms with Crippen LogP contribution in [0.25, 0.3) is 5.69 Å². The summed E-state index contributed by atoms with van der Waals surface area (Å²) in [5, 5.41) is 4.72. The number of rotatable bonds is 5. The number of benzene rings is 2. The third-order valence-electron chi connectivity index (χ3n) is 5.49. The van der Waals surface area contributed by atoms with Gasteiger partial charge in [-0.15, -0.1) is 0 Å². The minimum absolute atomic E-state index is 0.263. The first kappa shape index (κ1) is 20.4. The van der Waals surface area contributed by atoms with Crippen LogP contribution < -0.4 is 9.64 Å². The largest absolute Gasteiger partial charge is 0.497 e. The molecule has 0 N–H and O–H groups in total. The number of hydrogen-bond acceptors (Lipinski definition) is 5. The maximum atomic E-state index is 13.1. The molecule has 0 atom stereocenters. The van der Waals surface area contributed by atoms with Gasteiger partial charge in [-0.1, -0.05) is 24.3 Å². The van der Waals surface area contributed by atoms with Gasteiger partial charge in [0.15, 0.2) is 0 Å². The van der Waals surface area contributed by atoms with Crippen molar-refractivity contribution in [3.8, 4) is 11.4 Å². The van der Waals surface area contributed by atoms with Crippen LogP contribution in [0.3, 0.4) is 0 Å². The van der Waals surface area contributed by atoms with Crippen molar-refractivity contribution in [3.63, 3.8) is 0 Å². The van der Waals surface area contributed by atoms with Crippen molar-refractivity contribution in [3.05, 3.63) is 66.0 Å². The van der Waals surface area contributed by atoms with Gasteiger partial charge in [-0.2, -0.15) is 9.40 Å². The lowest BCUT2D eigenvalue weighted by molar-refractivity contribution is 0.383. The molecule has 0 aliphatic carbocycles. The average Bonchev–Trinajstić information content (AvgIpc) is 3.08. The predicted molar refractivity (Wildman–Crippen MR) is 117 cm³/mol. The van der Waals surface area contributed by atoms with Gasteiger partial charge in [0, 0.05) is 32.2 Å². The Hall–Kier alpha value is -2.84. The van der Waals surface area contributed by atoms with Crippen LogP contribution in [0.4, 0.5) is 5.69 Å². The van der Waals surface area contributed by atoms with E-state index in [1.165, 1.54) is 7.11 Å². The first-order chi connectivity index (χ1) is 14.4. The SMILES string of the molecule is COc1cccc(S(=O)(=O)N2CCN(c3c(C)nn(-c4ccccc4)c3C)CC2)c1. The Balaban J connectivity index is 1.53. The van der Waals surface area contributed by atoms with Crippen LogP contribution in [0.5, 0.6) is 5.75 Å². The lowest BCUT2D eigenvalue weighted by atomic mass is 10.2. The molecule has 2 aromatic carbocycles. The molecule has 7 nitrogen and oxygen atoms in total. The van der Waals surface area contributed by atoms with Crippen LogP contribution in [-0.4, -0.2) is 55.8 Å². The summed E-state index contributed by atoms with van der Waals surface area (Å²) in [7, 11) is -2.02. The van der Waals surface area contributed by atoms with E-state index in [0.29, 0.717) is 31.9 Å². The molecule has 0 saturated carbocycles. The van der Waals surface area contributed by atoms with Crippen molar-refractivity contribution < 1.29 is 13.2 Å². The van der Waals surface area contributed by atoms with E-state index in [2.05, 4.69) is 11.8 Å². The van der Waals surface area contributed by atoms with Crippen molar-refractivity contribution in [2.75, 3.05) is 38.2 Å². The third kappa shape index (κ3) is 3.68. The third-order valence-corrected chi connectivity index (χ3v) is 7.38. The van der Waals surface area contributed by atoms with Gasteiger partial charge in [0.05, 0.1) is 34.8 Å². The Bertz CT molecular complexity index is 1130. The number of methoxy groups -OCH3 is 1. The van der Waals surface area contributed by atoms with E-state index in [1.54, 1.807) is 28.6 Å². The molecule has 1 fully saturated rings. The van der Waals surface area contributed by atoms with Crippen LogP contribution in [0.15, 0.2) is 59.5 Å². The maximum Gasteiger partial charge on any atom is 0.243 e. The van der Waals surface area contributed by atoms with E-state index in [-0.39, 0.29) is 4.90 Å². The predicted octanol–water partition coefficient (Wildman–Crippen LogP) is 3.01. The molecule has 1 aliphatic rings. The highest BCUT2D eigenvalue weighted by atomic mass is 32.2. The van der Waals surface area contributed by atoms with E-state index < -0.39 is 10.0 Å². The van der Waals surface area contributed by atoms with Crippen LogP contribution >= 0.6 is 0 Å². The summed E-state index contributed by atoms with van der Waals surface area (Å²) in [5.74, 6) is 0.536. The lowest BCUT2D eigenvalue weighted by Crippen LogP contribution is -2.49. The summed E-state index contributed by atoms with van der Waals surface area (Å²) in [5.41, 5.74) is 4.10. The molecule has 3 aromatic rings. The Morgan fingerprint density at radius 1 is 0.933 bits per heavy atom. The van der Waals surface area contributed by atoms with E-state index in [4.69, 9.17) is 9.84 Å². The molecule has 0 spiro atoms. The number of nitrogens with zero attached hydrogens (tertiary/aromatic N) is 4. The molecule has 2 heterocycles. The van der Waals surface area contributed by atoms with Crippen molar-refractivity contribution in [2.24, 2.45) is 0 Å². The molecule has 1 aliphatic heterocycles. The van der Waals surface area contributed by atoms with Gasteiger partial charge >= 0.3 is 0 Å². The van der Waals surface area contributed by atoms with Gasteiger partial charge in [-0.05, 0) is 38.1 Å². The second kappa shape index (κ2) is 8.12. The number of anilines is 1. The molecular weight excluding hydrogens is 400 g/mol. The van der Waals surface area contributed by atoms with Gasteiger partial charge < -0.3 is 9.64 Å². The summed E-state index contributed by atoms with van der Waals surface area (Å²) in [4.78, 5) is 2.49. The monoisotopic (exact) mass is 426 g/mol. The number of hydrogen-bond donors (Lipinski definition) is 0. The summed E-state index contributed by atoms with van der Waals surface area (Å²) in [6.07, 6.45) is 0. The Kier molecular flexibility index (Phi) is 5.53. The standard InChI is InChI=1S/C22H26N4O3S/c1-17-22(18(2)26(23-17)19-8-5-4-6-9-19)24-12-14-25(15-13-24)30(27,28)21-11-7-10-20(16-21)29-3/h4-11,16H,12-15H2,1-3H3. The summed E-state index contributed by atoms with van der Waals surface area (Å²) in [6.45, 7) is 6.14. The molecule has 4 rings (SSSR count). The number of aromatic nitrogens is 2. The molecular formula is C22H26N4O3S.